The lowest BCUT2D eigenvalue weighted by molar-refractivity contribution is -0.157. The molecule has 9 heteroatoms. The Morgan fingerprint density at radius 3 is 2.30 bits per heavy atom. The predicted molar refractivity (Wildman–Crippen MR) is 146 cm³/mol. The molecule has 2 aliphatic heterocycles. The minimum Gasteiger partial charge on any atom is -0.480 e. The number of carbonyl (C=O) groups excluding carboxylic acids is 2. The molecule has 2 amide bonds. The summed E-state index contributed by atoms with van der Waals surface area (Å²) in [5.74, 6) is -2.46. The van der Waals surface area contributed by atoms with E-state index in [2.05, 4.69) is 50.0 Å². The predicted octanol–water partition coefficient (Wildman–Crippen LogP) is 5.69. The largest absolute Gasteiger partial charge is 0.480 e. The normalized spacial score (nSPS) is 33.0. The van der Waals surface area contributed by atoms with Gasteiger partial charge in [0.25, 0.3) is 0 Å². The molecule has 196 valence electrons. The molecule has 8 unspecified atom stereocenters. The Kier molecular flexibility index (Phi) is 5.83. The number of rotatable bonds is 4. The molecule has 2 aliphatic carbocycles. The number of aliphatic carboxylic acids is 1. The number of carboxylic acid groups (broad SMARTS) is 1. The number of aromatic amines is 1. The van der Waals surface area contributed by atoms with Crippen LogP contribution in [0.1, 0.15) is 63.0 Å². The summed E-state index contributed by atoms with van der Waals surface area (Å²) < 4.78 is 0.751. The van der Waals surface area contributed by atoms with E-state index in [-0.39, 0.29) is 52.1 Å². The summed E-state index contributed by atoms with van der Waals surface area (Å²) in [6, 6.07) is 7.75. The second-order valence-corrected chi connectivity index (χ2v) is 15.3. The number of thioether (sulfide) groups is 1. The van der Waals surface area contributed by atoms with Gasteiger partial charge in [-0.1, -0.05) is 58.9 Å². The van der Waals surface area contributed by atoms with Gasteiger partial charge < -0.3 is 10.1 Å². The highest BCUT2D eigenvalue weighted by atomic mass is 32.2. The number of aromatic nitrogens is 1. The van der Waals surface area contributed by atoms with Crippen LogP contribution in [-0.2, 0) is 19.8 Å². The van der Waals surface area contributed by atoms with Gasteiger partial charge in [0.2, 0.25) is 11.8 Å². The summed E-state index contributed by atoms with van der Waals surface area (Å²) in [6.07, 6.45) is 0.842. The molecule has 6 nitrogen and oxygen atoms in total. The Hall–Kier alpha value is -1.97. The van der Waals surface area contributed by atoms with Crippen molar-refractivity contribution in [2.75, 3.05) is 0 Å². The fraction of sp³-hybridized carbons (Fsp3) is 0.571. The average molecular weight is 557 g/mol. The lowest BCUT2D eigenvalue weighted by Crippen LogP contribution is -2.49. The number of hydrogen-bond acceptors (Lipinski definition) is 6. The quantitative estimate of drug-likeness (QED) is 0.372. The molecule has 3 heterocycles. The van der Waals surface area contributed by atoms with E-state index in [0.29, 0.717) is 0 Å². The maximum absolute atomic E-state index is 13.8. The molecule has 1 aromatic heterocycles. The van der Waals surface area contributed by atoms with E-state index in [4.69, 9.17) is 12.2 Å². The summed E-state index contributed by atoms with van der Waals surface area (Å²) in [6.45, 7) is 10.1. The Morgan fingerprint density at radius 1 is 1.11 bits per heavy atom. The van der Waals surface area contributed by atoms with Crippen molar-refractivity contribution in [2.24, 2.45) is 35.5 Å². The molecule has 4 aliphatic rings. The van der Waals surface area contributed by atoms with Crippen LogP contribution in [-0.4, -0.2) is 44.1 Å². The summed E-state index contributed by atoms with van der Waals surface area (Å²) in [7, 11) is 0. The number of nitrogens with zero attached hydrogens (tertiary/aromatic N) is 1. The smallest absolute Gasteiger partial charge is 0.327 e. The van der Waals surface area contributed by atoms with Gasteiger partial charge in [0.05, 0.1) is 16.9 Å². The molecule has 2 bridgehead atoms. The molecule has 1 saturated heterocycles. The molecule has 0 radical (unpaired) electrons. The number of benzene rings is 1. The van der Waals surface area contributed by atoms with Crippen LogP contribution in [0.4, 0.5) is 0 Å². The highest BCUT2D eigenvalue weighted by Gasteiger charge is 2.70. The number of H-pyrrole nitrogens is 1. The zero-order valence-electron chi connectivity index (χ0n) is 21.6. The SMILES string of the molecule is CC(C)C(C(=O)O)N1C(=O)C2C3CC(C2C1=O)C1C(c2ccc(C(C)(C)C)cc2)c2sc(=S)[nH]c2SC31. The third kappa shape index (κ3) is 3.63. The Morgan fingerprint density at radius 2 is 1.73 bits per heavy atom. The number of hydrogen-bond donors (Lipinski definition) is 2. The molecular weight excluding hydrogens is 525 g/mol. The summed E-state index contributed by atoms with van der Waals surface area (Å²) in [5.41, 5.74) is 2.54. The highest BCUT2D eigenvalue weighted by Crippen LogP contribution is 2.69. The van der Waals surface area contributed by atoms with Crippen LogP contribution in [0.3, 0.4) is 0 Å². The van der Waals surface area contributed by atoms with Crippen molar-refractivity contribution in [3.05, 3.63) is 44.2 Å². The lowest BCUT2D eigenvalue weighted by Gasteiger charge is -2.43. The first-order chi connectivity index (χ1) is 17.4. The van der Waals surface area contributed by atoms with Gasteiger partial charge in [0, 0.05) is 16.0 Å². The van der Waals surface area contributed by atoms with Crippen LogP contribution in [0.25, 0.3) is 0 Å². The molecule has 37 heavy (non-hydrogen) atoms. The monoisotopic (exact) mass is 556 g/mol. The zero-order chi connectivity index (χ0) is 26.5. The van der Waals surface area contributed by atoms with E-state index in [1.807, 2.05) is 0 Å². The first-order valence-corrected chi connectivity index (χ1v) is 15.1. The van der Waals surface area contributed by atoms with E-state index in [1.165, 1.54) is 16.0 Å². The molecule has 8 atom stereocenters. The molecule has 1 aromatic carbocycles. The molecule has 3 fully saturated rings. The standard InChI is InChI=1S/C28H32N2O4S3/c1-11(2)20(26(33)34)30-24(31)18-14-10-15(19(18)25(30)32)21-17(14)16(22-23(36-21)29-27(35)37-22)12-6-8-13(9-7-12)28(3,4)5/h6-9,11,14-21H,10H2,1-5H3,(H,29,35)(H,33,34). The van der Waals surface area contributed by atoms with Crippen molar-refractivity contribution in [2.45, 2.75) is 68.7 Å². The van der Waals surface area contributed by atoms with Crippen molar-refractivity contribution in [1.82, 2.24) is 9.88 Å². The van der Waals surface area contributed by atoms with Crippen molar-refractivity contribution in [3.8, 4) is 0 Å². The first-order valence-electron chi connectivity index (χ1n) is 13.0. The van der Waals surface area contributed by atoms with E-state index >= 15 is 0 Å². The van der Waals surface area contributed by atoms with Gasteiger partial charge in [-0.25, -0.2) is 4.79 Å². The van der Waals surface area contributed by atoms with Gasteiger partial charge in [0.15, 0.2) is 3.95 Å². The van der Waals surface area contributed by atoms with Gasteiger partial charge in [-0.05, 0) is 58.9 Å². The fourth-order valence-electron chi connectivity index (χ4n) is 7.57. The van der Waals surface area contributed by atoms with Gasteiger partial charge in [0.1, 0.15) is 6.04 Å². The maximum Gasteiger partial charge on any atom is 0.327 e. The van der Waals surface area contributed by atoms with Gasteiger partial charge in [-0.2, -0.15) is 0 Å². The third-order valence-electron chi connectivity index (χ3n) is 9.06. The van der Waals surface area contributed by atoms with Crippen molar-refractivity contribution in [3.63, 3.8) is 0 Å². The van der Waals surface area contributed by atoms with Crippen LogP contribution in [0.2, 0.25) is 0 Å². The Balaban J connectivity index is 1.42. The van der Waals surface area contributed by atoms with Crippen LogP contribution in [0.5, 0.6) is 0 Å². The Labute approximate surface area is 230 Å². The minimum absolute atomic E-state index is 0.0478. The minimum atomic E-state index is -1.11. The van der Waals surface area contributed by atoms with E-state index in [0.717, 1.165) is 20.3 Å². The van der Waals surface area contributed by atoms with Crippen LogP contribution in [0, 0.1) is 39.5 Å². The van der Waals surface area contributed by atoms with Crippen LogP contribution in [0.15, 0.2) is 29.3 Å². The topological polar surface area (TPSA) is 90.5 Å². The first kappa shape index (κ1) is 25.3. The molecule has 6 rings (SSSR count). The number of imide groups is 1. The van der Waals surface area contributed by atoms with Gasteiger partial charge in [-0.3, -0.25) is 14.5 Å². The maximum atomic E-state index is 13.8. The summed E-state index contributed by atoms with van der Waals surface area (Å²) in [4.78, 5) is 45.2. The number of carboxylic acids is 1. The molecule has 2 N–H and O–H groups in total. The van der Waals surface area contributed by atoms with Gasteiger partial charge >= 0.3 is 5.97 Å². The second-order valence-electron chi connectivity index (χ2n) is 12.4. The third-order valence-corrected chi connectivity index (χ3v) is 12.0. The number of nitrogens with one attached hydrogen (secondary N) is 1. The molecule has 2 aromatic rings. The highest BCUT2D eigenvalue weighted by molar-refractivity contribution is 8.00. The average Bonchev–Trinajstić information content (AvgIpc) is 3.53. The van der Waals surface area contributed by atoms with Crippen molar-refractivity contribution in [1.29, 1.82) is 0 Å². The zero-order valence-corrected chi connectivity index (χ0v) is 24.0. The number of amides is 2. The van der Waals surface area contributed by atoms with E-state index in [9.17, 15) is 19.5 Å². The number of thiazole rings is 1. The van der Waals surface area contributed by atoms with Crippen LogP contribution < -0.4 is 0 Å². The second kappa shape index (κ2) is 8.52. The number of fused-ring (bicyclic) bond motifs is 9. The van der Waals surface area contributed by atoms with Crippen molar-refractivity contribution < 1.29 is 19.5 Å². The molecule has 0 spiro atoms. The van der Waals surface area contributed by atoms with Gasteiger partial charge in [-0.15, -0.1) is 23.1 Å². The number of likely N-dealkylation sites (tertiary alicyclic amines) is 1. The van der Waals surface area contributed by atoms with Crippen molar-refractivity contribution >= 4 is 53.1 Å². The summed E-state index contributed by atoms with van der Waals surface area (Å²) >= 11 is 8.95. The van der Waals surface area contributed by atoms with E-state index in [1.54, 1.807) is 36.9 Å². The lowest BCUT2D eigenvalue weighted by atomic mass is 9.68. The molecular formula is C28H32N2O4S3. The molecule has 2 saturated carbocycles. The fourth-order valence-corrected chi connectivity index (χ4v) is 10.9. The van der Waals surface area contributed by atoms with E-state index < -0.39 is 23.8 Å². The van der Waals surface area contributed by atoms with Crippen LogP contribution >= 0.6 is 35.3 Å². The number of carbonyl (C=O) groups is 3. The summed E-state index contributed by atoms with van der Waals surface area (Å²) in [5, 5.41) is 11.2. The Bertz CT molecular complexity index is 1350.